The molecule has 30 heavy (non-hydrogen) atoms. The molecule has 0 saturated heterocycles. The molecule has 0 saturated carbocycles. The highest BCUT2D eigenvalue weighted by atomic mass is 16.5. The highest BCUT2D eigenvalue weighted by molar-refractivity contribution is 6.10. The molecule has 5 nitrogen and oxygen atoms in total. The third kappa shape index (κ3) is 7.16. The molecule has 0 N–H and O–H groups in total. The largest absolute Gasteiger partial charge is 0.494 e. The molecule has 0 aliphatic rings. The van der Waals surface area contributed by atoms with Crippen molar-refractivity contribution in [2.24, 2.45) is 0 Å². The van der Waals surface area contributed by atoms with Crippen LogP contribution in [0.4, 0.5) is 0 Å². The van der Waals surface area contributed by atoms with E-state index in [1.54, 1.807) is 0 Å². The maximum atomic E-state index is 12.9. The number of carbonyl (C=O) groups is 2. The standard InChI is InChI=1S/C25H31NO4/c1-5-24(27)30-17-9-15-26(4)14-8-16-29-21-13-12-20(3)23(18-21)25(28)22-11-7-6-10-19(22)2/h5-7,10-13,18H,1,8-9,14-17H2,2-4H3. The van der Waals surface area contributed by atoms with Crippen LogP contribution in [0.25, 0.3) is 0 Å². The van der Waals surface area contributed by atoms with E-state index in [9.17, 15) is 9.59 Å². The number of nitrogens with zero attached hydrogens (tertiary/aromatic N) is 1. The van der Waals surface area contributed by atoms with Gasteiger partial charge in [0.2, 0.25) is 0 Å². The van der Waals surface area contributed by atoms with Crippen LogP contribution in [0.2, 0.25) is 0 Å². The van der Waals surface area contributed by atoms with E-state index in [1.807, 2.05) is 63.4 Å². The van der Waals surface area contributed by atoms with Crippen LogP contribution in [0.1, 0.15) is 39.9 Å². The molecule has 0 bridgehead atoms. The molecule has 0 amide bonds. The Morgan fingerprint density at radius 2 is 1.63 bits per heavy atom. The molecular formula is C25H31NO4. The molecule has 2 aromatic rings. The molecule has 0 spiro atoms. The lowest BCUT2D eigenvalue weighted by atomic mass is 9.96. The third-order valence-corrected chi connectivity index (χ3v) is 4.89. The van der Waals surface area contributed by atoms with Crippen molar-refractivity contribution in [1.82, 2.24) is 4.90 Å². The van der Waals surface area contributed by atoms with Gasteiger partial charge in [0.15, 0.2) is 5.78 Å². The number of hydrogen-bond acceptors (Lipinski definition) is 5. The average Bonchev–Trinajstić information content (AvgIpc) is 2.75. The van der Waals surface area contributed by atoms with Crippen molar-refractivity contribution in [2.45, 2.75) is 26.7 Å². The second-order valence-corrected chi connectivity index (χ2v) is 7.35. The maximum Gasteiger partial charge on any atom is 0.330 e. The van der Waals surface area contributed by atoms with Gasteiger partial charge < -0.3 is 14.4 Å². The molecule has 0 aliphatic heterocycles. The summed E-state index contributed by atoms with van der Waals surface area (Å²) in [4.78, 5) is 26.1. The summed E-state index contributed by atoms with van der Waals surface area (Å²) < 4.78 is 10.8. The Hall–Kier alpha value is -2.92. The van der Waals surface area contributed by atoms with Gasteiger partial charge in [0, 0.05) is 30.3 Å². The van der Waals surface area contributed by atoms with E-state index >= 15 is 0 Å². The van der Waals surface area contributed by atoms with Gasteiger partial charge in [0.25, 0.3) is 0 Å². The van der Waals surface area contributed by atoms with Gasteiger partial charge >= 0.3 is 5.97 Å². The van der Waals surface area contributed by atoms with Crippen LogP contribution < -0.4 is 4.74 Å². The lowest BCUT2D eigenvalue weighted by Crippen LogP contribution is -2.23. The van der Waals surface area contributed by atoms with Crippen LogP contribution >= 0.6 is 0 Å². The van der Waals surface area contributed by atoms with Crippen molar-refractivity contribution in [3.8, 4) is 5.75 Å². The molecule has 160 valence electrons. The van der Waals surface area contributed by atoms with E-state index < -0.39 is 0 Å². The molecule has 0 aliphatic carbocycles. The van der Waals surface area contributed by atoms with Gasteiger partial charge in [-0.1, -0.05) is 36.9 Å². The topological polar surface area (TPSA) is 55.8 Å². The van der Waals surface area contributed by atoms with Crippen molar-refractivity contribution in [2.75, 3.05) is 33.4 Å². The number of ether oxygens (including phenoxy) is 2. The number of carbonyl (C=O) groups excluding carboxylic acids is 2. The highest BCUT2D eigenvalue weighted by Crippen LogP contribution is 2.22. The quantitative estimate of drug-likeness (QED) is 0.226. The van der Waals surface area contributed by atoms with Crippen LogP contribution in [0.3, 0.4) is 0 Å². The number of aryl methyl sites for hydroxylation is 2. The van der Waals surface area contributed by atoms with Gasteiger partial charge in [0.05, 0.1) is 13.2 Å². The van der Waals surface area contributed by atoms with Crippen molar-refractivity contribution in [1.29, 1.82) is 0 Å². The summed E-state index contributed by atoms with van der Waals surface area (Å²) in [5.41, 5.74) is 3.30. The predicted octanol–water partition coefficient (Wildman–Crippen LogP) is 4.35. The molecule has 0 heterocycles. The van der Waals surface area contributed by atoms with Crippen molar-refractivity contribution >= 4 is 11.8 Å². The number of esters is 1. The summed E-state index contributed by atoms with van der Waals surface area (Å²) in [6.07, 6.45) is 2.81. The zero-order valence-electron chi connectivity index (χ0n) is 18.1. The maximum absolute atomic E-state index is 12.9. The van der Waals surface area contributed by atoms with Gasteiger partial charge in [-0.05, 0) is 57.0 Å². The van der Waals surface area contributed by atoms with Crippen molar-refractivity contribution in [3.63, 3.8) is 0 Å². The van der Waals surface area contributed by atoms with E-state index in [2.05, 4.69) is 11.5 Å². The molecule has 0 atom stereocenters. The van der Waals surface area contributed by atoms with E-state index in [1.165, 1.54) is 6.08 Å². The van der Waals surface area contributed by atoms with Crippen LogP contribution in [-0.2, 0) is 9.53 Å². The molecule has 0 unspecified atom stereocenters. The average molecular weight is 410 g/mol. The fourth-order valence-corrected chi connectivity index (χ4v) is 3.11. The normalized spacial score (nSPS) is 10.7. The van der Waals surface area contributed by atoms with Crippen LogP contribution in [0, 0.1) is 13.8 Å². The smallest absolute Gasteiger partial charge is 0.330 e. The third-order valence-electron chi connectivity index (χ3n) is 4.89. The zero-order valence-corrected chi connectivity index (χ0v) is 18.1. The fraction of sp³-hybridized carbons (Fsp3) is 0.360. The monoisotopic (exact) mass is 409 g/mol. The Kier molecular flexibility index (Phi) is 9.29. The summed E-state index contributed by atoms with van der Waals surface area (Å²) in [6, 6.07) is 13.3. The van der Waals surface area contributed by atoms with Gasteiger partial charge in [0.1, 0.15) is 5.75 Å². The molecule has 0 radical (unpaired) electrons. The Balaban J connectivity index is 1.80. The van der Waals surface area contributed by atoms with E-state index in [0.717, 1.165) is 42.6 Å². The first-order valence-electron chi connectivity index (χ1n) is 10.2. The van der Waals surface area contributed by atoms with Crippen molar-refractivity contribution in [3.05, 3.63) is 77.4 Å². The first-order valence-corrected chi connectivity index (χ1v) is 10.2. The van der Waals surface area contributed by atoms with Crippen LogP contribution in [-0.4, -0.2) is 50.0 Å². The van der Waals surface area contributed by atoms with Gasteiger partial charge in [-0.3, -0.25) is 4.79 Å². The summed E-state index contributed by atoms with van der Waals surface area (Å²) >= 11 is 0. The second kappa shape index (κ2) is 11.9. The van der Waals surface area contributed by atoms with Gasteiger partial charge in [-0.2, -0.15) is 0 Å². The minimum Gasteiger partial charge on any atom is -0.494 e. The van der Waals surface area contributed by atoms with Crippen molar-refractivity contribution < 1.29 is 19.1 Å². The van der Waals surface area contributed by atoms with Crippen LogP contribution in [0.5, 0.6) is 5.75 Å². The summed E-state index contributed by atoms with van der Waals surface area (Å²) in [5, 5.41) is 0. The van der Waals surface area contributed by atoms with E-state index in [0.29, 0.717) is 24.5 Å². The number of hydrogen-bond donors (Lipinski definition) is 0. The molecule has 2 aromatic carbocycles. The summed E-state index contributed by atoms with van der Waals surface area (Å²) in [7, 11) is 2.03. The molecule has 5 heteroatoms. The van der Waals surface area contributed by atoms with Gasteiger partial charge in [-0.25, -0.2) is 4.79 Å². The molecule has 0 fully saturated rings. The van der Waals surface area contributed by atoms with E-state index in [-0.39, 0.29) is 11.8 Å². The predicted molar refractivity (Wildman–Crippen MR) is 119 cm³/mol. The van der Waals surface area contributed by atoms with E-state index in [4.69, 9.17) is 9.47 Å². The number of benzene rings is 2. The Morgan fingerprint density at radius 3 is 2.33 bits per heavy atom. The SMILES string of the molecule is C=CC(=O)OCCCN(C)CCCOc1ccc(C)c(C(=O)c2ccccc2C)c1. The summed E-state index contributed by atoms with van der Waals surface area (Å²) in [6.45, 7) is 9.93. The number of ketones is 1. The minimum absolute atomic E-state index is 0.0212. The molecular weight excluding hydrogens is 378 g/mol. The molecule has 2 rings (SSSR count). The Morgan fingerprint density at radius 1 is 0.967 bits per heavy atom. The fourth-order valence-electron chi connectivity index (χ4n) is 3.11. The summed E-state index contributed by atoms with van der Waals surface area (Å²) in [5.74, 6) is 0.342. The highest BCUT2D eigenvalue weighted by Gasteiger charge is 2.14. The lowest BCUT2D eigenvalue weighted by molar-refractivity contribution is -0.137. The number of rotatable bonds is 12. The second-order valence-electron chi connectivity index (χ2n) is 7.35. The zero-order chi connectivity index (χ0) is 21.9. The van der Waals surface area contributed by atoms with Gasteiger partial charge in [-0.15, -0.1) is 0 Å². The first kappa shape index (κ1) is 23.4. The minimum atomic E-state index is -0.385. The Labute approximate surface area is 179 Å². The Bertz CT molecular complexity index is 875. The molecule has 0 aromatic heterocycles. The van der Waals surface area contributed by atoms with Crippen LogP contribution in [0.15, 0.2) is 55.1 Å². The lowest BCUT2D eigenvalue weighted by Gasteiger charge is -2.17. The first-order chi connectivity index (χ1) is 14.4.